The second-order valence-corrected chi connectivity index (χ2v) is 4.13. The summed E-state index contributed by atoms with van der Waals surface area (Å²) < 4.78 is 14.1. The van der Waals surface area contributed by atoms with Crippen LogP contribution in [0.1, 0.15) is 26.5 Å². The van der Waals surface area contributed by atoms with Crippen molar-refractivity contribution in [3.63, 3.8) is 0 Å². The van der Waals surface area contributed by atoms with Crippen LogP contribution in [-0.2, 0) is 9.47 Å². The Morgan fingerprint density at radius 1 is 1.05 bits per heavy atom. The van der Waals surface area contributed by atoms with E-state index in [2.05, 4.69) is 9.47 Å². The predicted molar refractivity (Wildman–Crippen MR) is 69.9 cm³/mol. The number of aryl methyl sites for hydroxylation is 1. The topological polar surface area (TPSA) is 82.8 Å². The van der Waals surface area contributed by atoms with E-state index in [-0.39, 0.29) is 10.9 Å². The molecule has 0 bridgehead atoms. The summed E-state index contributed by atoms with van der Waals surface area (Å²) in [7, 11) is 2.30. The van der Waals surface area contributed by atoms with Crippen molar-refractivity contribution in [2.45, 2.75) is 6.92 Å². The van der Waals surface area contributed by atoms with Crippen molar-refractivity contribution in [3.05, 3.63) is 45.5 Å². The summed E-state index contributed by atoms with van der Waals surface area (Å²) in [6.07, 6.45) is 0. The molecule has 6 heteroatoms. The molecule has 0 aliphatic rings. The second kappa shape index (κ2) is 5.16. The van der Waals surface area contributed by atoms with E-state index >= 15 is 0 Å². The van der Waals surface area contributed by atoms with Gasteiger partial charge in [-0.25, -0.2) is 14.4 Å². The van der Waals surface area contributed by atoms with Crippen molar-refractivity contribution in [3.8, 4) is 0 Å². The van der Waals surface area contributed by atoms with Crippen molar-refractivity contribution in [2.75, 3.05) is 14.2 Å². The molecule has 0 aliphatic carbocycles. The molecule has 0 amide bonds. The van der Waals surface area contributed by atoms with E-state index in [1.54, 1.807) is 25.1 Å². The molecule has 2 rings (SSSR count). The molecule has 2 aromatic rings. The molecular weight excluding hydrogens is 264 g/mol. The summed E-state index contributed by atoms with van der Waals surface area (Å²) in [6.45, 7) is 1.80. The molecule has 104 valence electrons. The Morgan fingerprint density at radius 2 is 1.70 bits per heavy atom. The van der Waals surface area contributed by atoms with Gasteiger partial charge in [0.05, 0.1) is 19.6 Å². The van der Waals surface area contributed by atoms with E-state index in [0.29, 0.717) is 5.39 Å². The normalized spacial score (nSPS) is 10.3. The van der Waals surface area contributed by atoms with Crippen molar-refractivity contribution in [2.24, 2.45) is 0 Å². The lowest BCUT2D eigenvalue weighted by Gasteiger charge is -2.08. The minimum absolute atomic E-state index is 0.117. The molecule has 0 radical (unpaired) electrons. The van der Waals surface area contributed by atoms with Crippen LogP contribution in [0.2, 0.25) is 0 Å². The number of fused-ring (bicyclic) bond motifs is 1. The quantitative estimate of drug-likeness (QED) is 0.776. The highest BCUT2D eigenvalue weighted by Gasteiger charge is 2.26. The average Bonchev–Trinajstić information content (AvgIpc) is 2.45. The number of hydrogen-bond acceptors (Lipinski definition) is 6. The van der Waals surface area contributed by atoms with Gasteiger partial charge in [-0.3, -0.25) is 0 Å². The van der Waals surface area contributed by atoms with Crippen LogP contribution in [0.4, 0.5) is 0 Å². The Kier molecular flexibility index (Phi) is 3.56. The summed E-state index contributed by atoms with van der Waals surface area (Å²) in [6, 6.07) is 4.87. The van der Waals surface area contributed by atoms with Crippen molar-refractivity contribution in [1.82, 2.24) is 0 Å². The molecule has 6 nitrogen and oxygen atoms in total. The molecule has 0 unspecified atom stereocenters. The van der Waals surface area contributed by atoms with Gasteiger partial charge >= 0.3 is 17.6 Å². The van der Waals surface area contributed by atoms with E-state index in [0.717, 1.165) is 12.7 Å². The van der Waals surface area contributed by atoms with Crippen LogP contribution in [0.5, 0.6) is 0 Å². The van der Waals surface area contributed by atoms with Crippen LogP contribution in [0.25, 0.3) is 10.8 Å². The van der Waals surface area contributed by atoms with E-state index < -0.39 is 23.3 Å². The highest BCUT2D eigenvalue weighted by molar-refractivity contribution is 6.10. The van der Waals surface area contributed by atoms with Crippen molar-refractivity contribution in [1.29, 1.82) is 0 Å². The number of methoxy groups -OCH3 is 2. The largest absolute Gasteiger partial charge is 0.465 e. The van der Waals surface area contributed by atoms with Gasteiger partial charge in [0.1, 0.15) is 5.56 Å². The van der Waals surface area contributed by atoms with Gasteiger partial charge < -0.3 is 13.9 Å². The van der Waals surface area contributed by atoms with Crippen LogP contribution in [0.15, 0.2) is 27.4 Å². The second-order valence-electron chi connectivity index (χ2n) is 4.13. The zero-order chi connectivity index (χ0) is 14.9. The van der Waals surface area contributed by atoms with Gasteiger partial charge in [-0.05, 0) is 13.0 Å². The number of rotatable bonds is 2. The summed E-state index contributed by atoms with van der Waals surface area (Å²) in [5, 5.41) is 0.497. The number of carbonyl (C=O) groups is 2. The Labute approximate surface area is 113 Å². The molecule has 0 atom stereocenters. The summed E-state index contributed by atoms with van der Waals surface area (Å²) in [4.78, 5) is 35.4. The highest BCUT2D eigenvalue weighted by atomic mass is 16.5. The van der Waals surface area contributed by atoms with Crippen molar-refractivity contribution >= 4 is 22.7 Å². The molecule has 0 spiro atoms. The lowest BCUT2D eigenvalue weighted by atomic mass is 10.0. The maximum atomic E-state index is 11.9. The molecule has 1 aromatic carbocycles. The fourth-order valence-electron chi connectivity index (χ4n) is 1.91. The highest BCUT2D eigenvalue weighted by Crippen LogP contribution is 2.22. The van der Waals surface area contributed by atoms with E-state index in [1.165, 1.54) is 7.11 Å². The first-order valence-corrected chi connectivity index (χ1v) is 5.73. The average molecular weight is 276 g/mol. The van der Waals surface area contributed by atoms with Crippen molar-refractivity contribution < 1.29 is 23.5 Å². The van der Waals surface area contributed by atoms with Crippen LogP contribution in [-0.4, -0.2) is 26.2 Å². The number of esters is 2. The number of ether oxygens (including phenoxy) is 2. The minimum Gasteiger partial charge on any atom is -0.465 e. The van der Waals surface area contributed by atoms with Crippen LogP contribution in [0, 0.1) is 6.92 Å². The molecule has 0 saturated carbocycles. The third-order valence-electron chi connectivity index (χ3n) is 2.85. The van der Waals surface area contributed by atoms with Gasteiger partial charge in [-0.1, -0.05) is 17.7 Å². The van der Waals surface area contributed by atoms with Gasteiger partial charge in [0, 0.05) is 5.39 Å². The Balaban J connectivity index is 2.94. The summed E-state index contributed by atoms with van der Waals surface area (Å²) in [5.41, 5.74) is -0.00265. The molecule has 0 fully saturated rings. The third kappa shape index (κ3) is 2.16. The maximum Gasteiger partial charge on any atom is 0.375 e. The van der Waals surface area contributed by atoms with Gasteiger partial charge in [0.2, 0.25) is 5.76 Å². The first kappa shape index (κ1) is 13.8. The SMILES string of the molecule is COC(=O)c1oc(=O)c2cc(C)ccc2c1C(=O)OC. The van der Waals surface area contributed by atoms with E-state index in [1.807, 2.05) is 0 Å². The molecule has 1 heterocycles. The third-order valence-corrected chi connectivity index (χ3v) is 2.85. The standard InChI is InChI=1S/C14H12O6/c1-7-4-5-8-9(6-7)12(15)20-11(14(17)19-3)10(8)13(16)18-2/h4-6H,1-3H3. The van der Waals surface area contributed by atoms with Gasteiger partial charge in [0.15, 0.2) is 0 Å². The fourth-order valence-corrected chi connectivity index (χ4v) is 1.91. The molecule has 1 aromatic heterocycles. The van der Waals surface area contributed by atoms with Crippen LogP contribution >= 0.6 is 0 Å². The molecule has 0 saturated heterocycles. The smallest absolute Gasteiger partial charge is 0.375 e. The van der Waals surface area contributed by atoms with Gasteiger partial charge in [-0.2, -0.15) is 0 Å². The Bertz CT molecular complexity index is 756. The lowest BCUT2D eigenvalue weighted by molar-refractivity contribution is 0.0522. The van der Waals surface area contributed by atoms with Crippen LogP contribution < -0.4 is 5.63 Å². The minimum atomic E-state index is -0.912. The molecule has 20 heavy (non-hydrogen) atoms. The monoisotopic (exact) mass is 276 g/mol. The number of hydrogen-bond donors (Lipinski definition) is 0. The predicted octanol–water partition coefficient (Wildman–Crippen LogP) is 1.67. The number of benzene rings is 1. The summed E-state index contributed by atoms with van der Waals surface area (Å²) >= 11 is 0. The Hall–Kier alpha value is -2.63. The van der Waals surface area contributed by atoms with Gasteiger partial charge in [-0.15, -0.1) is 0 Å². The zero-order valence-corrected chi connectivity index (χ0v) is 11.2. The first-order valence-electron chi connectivity index (χ1n) is 5.73. The maximum absolute atomic E-state index is 11.9. The lowest BCUT2D eigenvalue weighted by Crippen LogP contribution is -2.17. The summed E-state index contributed by atoms with van der Waals surface area (Å²) in [5.74, 6) is -2.14. The first-order chi connectivity index (χ1) is 9.49. The zero-order valence-electron chi connectivity index (χ0n) is 11.2. The molecule has 0 aliphatic heterocycles. The molecule has 0 N–H and O–H groups in total. The number of carbonyl (C=O) groups excluding carboxylic acids is 2. The Morgan fingerprint density at radius 3 is 2.30 bits per heavy atom. The van der Waals surface area contributed by atoms with Crippen LogP contribution in [0.3, 0.4) is 0 Å². The fraction of sp³-hybridized carbons (Fsp3) is 0.214. The van der Waals surface area contributed by atoms with E-state index in [9.17, 15) is 14.4 Å². The van der Waals surface area contributed by atoms with E-state index in [4.69, 9.17) is 4.42 Å². The molecular formula is C14H12O6. The van der Waals surface area contributed by atoms with Gasteiger partial charge in [0.25, 0.3) is 0 Å².